The van der Waals surface area contributed by atoms with Crippen LogP contribution < -0.4 is 11.1 Å². The molecule has 1 aromatic rings. The average Bonchev–Trinajstić information content (AvgIpc) is 2.69. The number of nitrogen functional groups attached to an aromatic ring is 1. The minimum atomic E-state index is 0.797. The van der Waals surface area contributed by atoms with Crippen LogP contribution in [0.25, 0.3) is 0 Å². The summed E-state index contributed by atoms with van der Waals surface area (Å²) in [7, 11) is 0. The van der Waals surface area contributed by atoms with E-state index in [2.05, 4.69) is 29.2 Å². The first-order valence-electron chi connectivity index (χ1n) is 7.91. The van der Waals surface area contributed by atoms with E-state index in [-0.39, 0.29) is 0 Å². The smallest absolute Gasteiger partial charge is 0.148 e. The summed E-state index contributed by atoms with van der Waals surface area (Å²) in [6, 6.07) is 0. The second kappa shape index (κ2) is 6.97. The number of rotatable bonds is 6. The van der Waals surface area contributed by atoms with Gasteiger partial charge in [0.05, 0.1) is 11.4 Å². The van der Waals surface area contributed by atoms with Crippen molar-refractivity contribution >= 4 is 11.5 Å². The van der Waals surface area contributed by atoms with E-state index in [0.717, 1.165) is 49.2 Å². The molecule has 0 aromatic carbocycles. The summed E-state index contributed by atoms with van der Waals surface area (Å²) in [6.45, 7) is 11.9. The van der Waals surface area contributed by atoms with Crippen LogP contribution in [-0.2, 0) is 6.54 Å². The van der Waals surface area contributed by atoms with Crippen molar-refractivity contribution in [3.8, 4) is 0 Å². The summed E-state index contributed by atoms with van der Waals surface area (Å²) in [6.07, 6.45) is 3.73. The van der Waals surface area contributed by atoms with Crippen LogP contribution in [-0.4, -0.2) is 40.9 Å². The molecule has 5 nitrogen and oxygen atoms in total. The Balaban J connectivity index is 1.84. The standard InChI is InChI=1S/C15H29N5/c1-4-8-20-15(14(16)13(3)18-20)17-7-11-19-9-5-12(2)6-10-19/h12,17H,4-11,16H2,1-3H3. The zero-order chi connectivity index (χ0) is 14.5. The maximum absolute atomic E-state index is 6.11. The molecule has 114 valence electrons. The van der Waals surface area contributed by atoms with Gasteiger partial charge in [-0.1, -0.05) is 13.8 Å². The van der Waals surface area contributed by atoms with E-state index in [4.69, 9.17) is 5.73 Å². The summed E-state index contributed by atoms with van der Waals surface area (Å²) in [4.78, 5) is 2.54. The van der Waals surface area contributed by atoms with E-state index in [1.165, 1.54) is 25.9 Å². The van der Waals surface area contributed by atoms with Crippen LogP contribution in [0.3, 0.4) is 0 Å². The molecule has 0 amide bonds. The van der Waals surface area contributed by atoms with Crippen molar-refractivity contribution in [2.24, 2.45) is 5.92 Å². The number of nitrogens with one attached hydrogen (secondary N) is 1. The fourth-order valence-corrected chi connectivity index (χ4v) is 2.77. The number of aromatic nitrogens is 2. The lowest BCUT2D eigenvalue weighted by Crippen LogP contribution is -2.36. The van der Waals surface area contributed by atoms with E-state index >= 15 is 0 Å². The Morgan fingerprint density at radius 1 is 1.30 bits per heavy atom. The van der Waals surface area contributed by atoms with Gasteiger partial charge in [0.25, 0.3) is 0 Å². The Kier molecular flexibility index (Phi) is 5.29. The summed E-state index contributed by atoms with van der Waals surface area (Å²) >= 11 is 0. The third kappa shape index (κ3) is 3.66. The van der Waals surface area contributed by atoms with Crippen molar-refractivity contribution in [2.45, 2.75) is 46.6 Å². The highest BCUT2D eigenvalue weighted by atomic mass is 15.3. The fourth-order valence-electron chi connectivity index (χ4n) is 2.77. The maximum Gasteiger partial charge on any atom is 0.148 e. The average molecular weight is 279 g/mol. The third-order valence-electron chi connectivity index (χ3n) is 4.21. The second-order valence-electron chi connectivity index (χ2n) is 6.02. The minimum Gasteiger partial charge on any atom is -0.394 e. The molecule has 1 aliphatic rings. The molecule has 0 unspecified atom stereocenters. The molecule has 0 atom stereocenters. The first-order chi connectivity index (χ1) is 9.61. The van der Waals surface area contributed by atoms with Gasteiger partial charge in [0, 0.05) is 19.6 Å². The van der Waals surface area contributed by atoms with E-state index in [1.54, 1.807) is 0 Å². The Morgan fingerprint density at radius 2 is 2.00 bits per heavy atom. The number of anilines is 2. The van der Waals surface area contributed by atoms with Gasteiger partial charge >= 0.3 is 0 Å². The molecule has 5 heteroatoms. The highest BCUT2D eigenvalue weighted by Crippen LogP contribution is 2.22. The van der Waals surface area contributed by atoms with Gasteiger partial charge in [0.2, 0.25) is 0 Å². The normalized spacial score (nSPS) is 17.6. The van der Waals surface area contributed by atoms with Crippen molar-refractivity contribution in [3.05, 3.63) is 5.69 Å². The van der Waals surface area contributed by atoms with Gasteiger partial charge in [-0.15, -0.1) is 0 Å². The Bertz CT molecular complexity index is 418. The van der Waals surface area contributed by atoms with Crippen LogP contribution in [0, 0.1) is 12.8 Å². The van der Waals surface area contributed by atoms with Gasteiger partial charge in [-0.3, -0.25) is 0 Å². The van der Waals surface area contributed by atoms with E-state index in [9.17, 15) is 0 Å². The van der Waals surface area contributed by atoms with Gasteiger partial charge < -0.3 is 16.0 Å². The molecular formula is C15H29N5. The third-order valence-corrected chi connectivity index (χ3v) is 4.21. The molecule has 1 fully saturated rings. The summed E-state index contributed by atoms with van der Waals surface area (Å²) in [5, 5.41) is 7.97. The second-order valence-corrected chi connectivity index (χ2v) is 6.02. The summed E-state index contributed by atoms with van der Waals surface area (Å²) in [5.74, 6) is 1.89. The molecule has 0 radical (unpaired) electrons. The Hall–Kier alpha value is -1.23. The zero-order valence-corrected chi connectivity index (χ0v) is 13.2. The van der Waals surface area contributed by atoms with Gasteiger partial charge in [0.15, 0.2) is 0 Å². The predicted octanol–water partition coefficient (Wildman–Crippen LogP) is 2.33. The van der Waals surface area contributed by atoms with E-state index < -0.39 is 0 Å². The van der Waals surface area contributed by atoms with Crippen molar-refractivity contribution in [3.63, 3.8) is 0 Å². The summed E-state index contributed by atoms with van der Waals surface area (Å²) < 4.78 is 2.00. The van der Waals surface area contributed by atoms with Gasteiger partial charge in [-0.05, 0) is 45.2 Å². The quantitative estimate of drug-likeness (QED) is 0.839. The topological polar surface area (TPSA) is 59.1 Å². The van der Waals surface area contributed by atoms with Crippen LogP contribution >= 0.6 is 0 Å². The number of hydrogen-bond donors (Lipinski definition) is 2. The van der Waals surface area contributed by atoms with E-state index in [0.29, 0.717) is 0 Å². The number of likely N-dealkylation sites (tertiary alicyclic amines) is 1. The van der Waals surface area contributed by atoms with Crippen molar-refractivity contribution < 1.29 is 0 Å². The number of nitrogens with zero attached hydrogens (tertiary/aromatic N) is 3. The molecule has 1 aromatic heterocycles. The predicted molar refractivity (Wildman–Crippen MR) is 85.0 cm³/mol. The molecule has 0 aliphatic carbocycles. The molecular weight excluding hydrogens is 250 g/mol. The molecule has 1 aliphatic heterocycles. The first-order valence-corrected chi connectivity index (χ1v) is 7.91. The van der Waals surface area contributed by atoms with Crippen LogP contribution in [0.15, 0.2) is 0 Å². The number of piperidine rings is 1. The van der Waals surface area contributed by atoms with Crippen LogP contribution in [0.2, 0.25) is 0 Å². The molecule has 1 saturated heterocycles. The van der Waals surface area contributed by atoms with Gasteiger partial charge in [-0.2, -0.15) is 5.10 Å². The fraction of sp³-hybridized carbons (Fsp3) is 0.800. The van der Waals surface area contributed by atoms with Crippen molar-refractivity contribution in [1.82, 2.24) is 14.7 Å². The SMILES string of the molecule is CCCn1nc(C)c(N)c1NCCN1CCC(C)CC1. The number of nitrogens with two attached hydrogens (primary N) is 1. The van der Waals surface area contributed by atoms with Crippen molar-refractivity contribution in [1.29, 1.82) is 0 Å². The molecule has 2 rings (SSSR count). The Labute approximate surface area is 122 Å². The number of aryl methyl sites for hydroxylation is 2. The molecule has 2 heterocycles. The molecule has 0 saturated carbocycles. The maximum atomic E-state index is 6.11. The zero-order valence-electron chi connectivity index (χ0n) is 13.2. The van der Waals surface area contributed by atoms with Crippen LogP contribution in [0.4, 0.5) is 11.5 Å². The monoisotopic (exact) mass is 279 g/mol. The highest BCUT2D eigenvalue weighted by molar-refractivity contribution is 5.64. The van der Waals surface area contributed by atoms with Crippen LogP contribution in [0.1, 0.15) is 38.8 Å². The van der Waals surface area contributed by atoms with Crippen LogP contribution in [0.5, 0.6) is 0 Å². The lowest BCUT2D eigenvalue weighted by molar-refractivity contribution is 0.199. The first kappa shape index (κ1) is 15.2. The Morgan fingerprint density at radius 3 is 2.65 bits per heavy atom. The van der Waals surface area contributed by atoms with Gasteiger partial charge in [0.1, 0.15) is 5.82 Å². The minimum absolute atomic E-state index is 0.797. The largest absolute Gasteiger partial charge is 0.394 e. The lowest BCUT2D eigenvalue weighted by Gasteiger charge is -2.30. The molecule has 3 N–H and O–H groups in total. The lowest BCUT2D eigenvalue weighted by atomic mass is 9.99. The van der Waals surface area contributed by atoms with E-state index in [1.807, 2.05) is 11.6 Å². The molecule has 20 heavy (non-hydrogen) atoms. The number of hydrogen-bond acceptors (Lipinski definition) is 4. The summed E-state index contributed by atoms with van der Waals surface area (Å²) in [5.41, 5.74) is 7.83. The van der Waals surface area contributed by atoms with Crippen molar-refractivity contribution in [2.75, 3.05) is 37.2 Å². The molecule has 0 bridgehead atoms. The molecule has 0 spiro atoms. The van der Waals surface area contributed by atoms with Gasteiger partial charge in [-0.25, -0.2) is 4.68 Å². The highest BCUT2D eigenvalue weighted by Gasteiger charge is 2.16.